The zero-order valence-corrected chi connectivity index (χ0v) is 44.8. The minimum absolute atomic E-state index is 0.0341. The highest BCUT2D eigenvalue weighted by Crippen LogP contribution is 2.38. The predicted molar refractivity (Wildman–Crippen MR) is 269 cm³/mol. The number of esters is 1. The summed E-state index contributed by atoms with van der Waals surface area (Å²) in [7, 11) is 4.56. The Hall–Kier alpha value is -3.45. The van der Waals surface area contributed by atoms with Crippen LogP contribution in [0.3, 0.4) is 0 Å². The Bertz CT molecular complexity index is 1930. The Balaban J connectivity index is 1.49. The quantitative estimate of drug-likeness (QED) is 0.142. The molecule has 406 valence electrons. The molecule has 3 saturated heterocycles. The van der Waals surface area contributed by atoms with E-state index in [0.717, 1.165) is 12.0 Å². The summed E-state index contributed by atoms with van der Waals surface area (Å²) >= 11 is 0. The zero-order valence-electron chi connectivity index (χ0n) is 44.8. The van der Waals surface area contributed by atoms with Crippen molar-refractivity contribution in [2.75, 3.05) is 54.3 Å². The molecule has 0 aromatic rings. The number of aliphatic hydroxyl groups is 2. The van der Waals surface area contributed by atoms with Crippen molar-refractivity contribution in [3.8, 4) is 0 Å². The average molecular weight is 1010 g/mol. The van der Waals surface area contributed by atoms with E-state index in [4.69, 9.17) is 37.9 Å². The number of rotatable bonds is 9. The van der Waals surface area contributed by atoms with Gasteiger partial charge in [0, 0.05) is 58.5 Å². The molecular formula is C56H87NO15. The number of cyclic esters (lactones) is 1. The van der Waals surface area contributed by atoms with Gasteiger partial charge in [0.1, 0.15) is 36.2 Å². The van der Waals surface area contributed by atoms with E-state index in [2.05, 4.69) is 0 Å². The van der Waals surface area contributed by atoms with E-state index in [1.165, 1.54) is 19.1 Å². The lowest BCUT2D eigenvalue weighted by Gasteiger charge is -2.43. The van der Waals surface area contributed by atoms with E-state index in [0.29, 0.717) is 76.8 Å². The molecule has 4 heterocycles. The number of fused-ring (bicyclic) bond motifs is 3. The van der Waals surface area contributed by atoms with Crippen molar-refractivity contribution >= 4 is 29.2 Å². The summed E-state index contributed by atoms with van der Waals surface area (Å²) in [5, 5.41) is 22.7. The molecule has 0 aromatic carbocycles. The highest BCUT2D eigenvalue weighted by atomic mass is 16.6. The molecule has 4 aliphatic heterocycles. The van der Waals surface area contributed by atoms with E-state index >= 15 is 0 Å². The molecule has 1 amide bonds. The Morgan fingerprint density at radius 3 is 2.29 bits per heavy atom. The first-order valence-electron chi connectivity index (χ1n) is 26.6. The van der Waals surface area contributed by atoms with Crippen molar-refractivity contribution in [2.45, 2.75) is 186 Å². The average Bonchev–Trinajstić information content (AvgIpc) is 3.37. The Morgan fingerprint density at radius 1 is 0.847 bits per heavy atom. The van der Waals surface area contributed by atoms with E-state index in [1.54, 1.807) is 34.0 Å². The second kappa shape index (κ2) is 28.4. The molecule has 16 nitrogen and oxygen atoms in total. The predicted octanol–water partition coefficient (Wildman–Crippen LogP) is 6.62. The molecule has 1 aliphatic carbocycles. The van der Waals surface area contributed by atoms with E-state index in [-0.39, 0.29) is 79.9 Å². The van der Waals surface area contributed by atoms with Crippen LogP contribution >= 0.6 is 0 Å². The largest absolute Gasteiger partial charge is 0.460 e. The minimum Gasteiger partial charge on any atom is -0.460 e. The van der Waals surface area contributed by atoms with Crippen LogP contribution in [-0.2, 0) is 61.9 Å². The van der Waals surface area contributed by atoms with E-state index in [9.17, 15) is 34.2 Å². The van der Waals surface area contributed by atoms with Crippen molar-refractivity contribution in [1.82, 2.24) is 4.90 Å². The highest BCUT2D eigenvalue weighted by Gasteiger charge is 2.53. The molecule has 0 aromatic heterocycles. The molecule has 4 fully saturated rings. The first kappa shape index (κ1) is 59.4. The lowest BCUT2D eigenvalue weighted by Crippen LogP contribution is -2.61. The molecule has 0 radical (unpaired) electrons. The monoisotopic (exact) mass is 1010 g/mol. The van der Waals surface area contributed by atoms with Gasteiger partial charge in [-0.1, -0.05) is 71.1 Å². The number of ketones is 3. The fourth-order valence-electron chi connectivity index (χ4n) is 11.2. The van der Waals surface area contributed by atoms with Crippen LogP contribution in [0.15, 0.2) is 47.6 Å². The molecule has 0 spiro atoms. The third kappa shape index (κ3) is 16.0. The second-order valence-electron chi connectivity index (χ2n) is 21.5. The molecule has 16 atom stereocenters. The molecule has 2 bridgehead atoms. The van der Waals surface area contributed by atoms with Crippen molar-refractivity contribution < 1.29 is 72.1 Å². The number of Topliss-reactive ketones (excluding diaryl/α,β-unsaturated/α-hetero) is 3. The summed E-state index contributed by atoms with van der Waals surface area (Å²) in [5.74, 6) is -7.67. The first-order chi connectivity index (χ1) is 34.3. The van der Waals surface area contributed by atoms with Crippen LogP contribution in [-0.4, -0.2) is 159 Å². The second-order valence-corrected chi connectivity index (χ2v) is 21.5. The van der Waals surface area contributed by atoms with Gasteiger partial charge in [0.15, 0.2) is 5.78 Å². The lowest BCUT2D eigenvalue weighted by atomic mass is 9.78. The molecular weight excluding hydrogens is 927 g/mol. The Kier molecular flexibility index (Phi) is 23.5. The third-order valence-corrected chi connectivity index (χ3v) is 15.8. The SMILES string of the molecule is CO[C@@H]1/C(C)=C/[C@@H](C)C(=O)C[C@@H]([C@H](C)C[C@@H]2CC[C@@H](O)[C@H](OC)C2)OC(=O)[C@@H]2CCCCN2C(=O)C(=O)[C@]2(O)O[C@@H](CC[C@H]2C)C[C@H](OCC2COCCO2)/C(C)=C/C=C/C=C/[C@@H](C)C[C@@H](C)C(=O)[C@@H]1OC. The molecule has 5 rings (SSSR count). The fraction of sp³-hybridized carbons (Fsp3) is 0.768. The van der Waals surface area contributed by atoms with Gasteiger partial charge in [-0.3, -0.25) is 19.2 Å². The van der Waals surface area contributed by atoms with Crippen molar-refractivity contribution in [1.29, 1.82) is 0 Å². The zero-order chi connectivity index (χ0) is 52.7. The fourth-order valence-corrected chi connectivity index (χ4v) is 11.2. The maximum absolute atomic E-state index is 14.5. The van der Waals surface area contributed by atoms with Gasteiger partial charge >= 0.3 is 5.97 Å². The number of carbonyl (C=O) groups is 5. The topological polar surface area (TPSA) is 203 Å². The number of nitrogens with zero attached hydrogens (tertiary/aromatic N) is 1. The summed E-state index contributed by atoms with van der Waals surface area (Å²) in [4.78, 5) is 73.0. The van der Waals surface area contributed by atoms with Crippen LogP contribution < -0.4 is 0 Å². The highest BCUT2D eigenvalue weighted by molar-refractivity contribution is 6.39. The lowest BCUT2D eigenvalue weighted by molar-refractivity contribution is -0.266. The number of hydrogen-bond donors (Lipinski definition) is 2. The molecule has 72 heavy (non-hydrogen) atoms. The van der Waals surface area contributed by atoms with Crippen LogP contribution in [0.25, 0.3) is 0 Å². The number of hydrogen-bond acceptors (Lipinski definition) is 15. The Labute approximate surface area is 428 Å². The standard InChI is InChI=1S/C56H87NO15/c1-34-16-12-11-13-17-35(2)47(70-33-43-32-68-24-25-69-43)30-42-21-19-40(7)56(64,72-42)53(61)54(62)57-23-15-14-18-44(57)55(63)71-48(37(4)28-41-20-22-45(58)49(29-41)65-8)31-46(59)36(3)27-39(6)51(66-9)52(67-10)50(60)38(5)26-34/h11-13,16-17,27,34,36-38,40-45,47-49,51-52,58,64H,14-15,18-26,28-33H2,1-10H3/b13-11+,16-12+,35-17+,39-27+/t34-,36-,37-,38-,40-,41+,42+,43?,44+,45-,47+,48+,49-,51-,52+,56-/m1/s1. The summed E-state index contributed by atoms with van der Waals surface area (Å²) in [6.07, 6.45) is 11.8. The van der Waals surface area contributed by atoms with E-state index in [1.807, 2.05) is 58.1 Å². The van der Waals surface area contributed by atoms with Gasteiger partial charge in [0.2, 0.25) is 5.79 Å². The van der Waals surface area contributed by atoms with Gasteiger partial charge in [0.25, 0.3) is 11.7 Å². The number of methoxy groups -OCH3 is 3. The van der Waals surface area contributed by atoms with Crippen molar-refractivity contribution in [3.63, 3.8) is 0 Å². The van der Waals surface area contributed by atoms with Gasteiger partial charge in [-0.2, -0.15) is 0 Å². The van der Waals surface area contributed by atoms with Crippen molar-refractivity contribution in [3.05, 3.63) is 47.6 Å². The summed E-state index contributed by atoms with van der Waals surface area (Å²) in [6, 6.07) is -1.15. The summed E-state index contributed by atoms with van der Waals surface area (Å²) in [5.41, 5.74) is 1.50. The smallest absolute Gasteiger partial charge is 0.329 e. The molecule has 5 aliphatic rings. The van der Waals surface area contributed by atoms with Gasteiger partial charge in [-0.15, -0.1) is 0 Å². The van der Waals surface area contributed by atoms with Crippen LogP contribution in [0, 0.1) is 35.5 Å². The van der Waals surface area contributed by atoms with Gasteiger partial charge in [-0.25, -0.2) is 4.79 Å². The maximum atomic E-state index is 14.5. The number of amides is 1. The minimum atomic E-state index is -2.47. The van der Waals surface area contributed by atoms with Gasteiger partial charge in [-0.05, 0) is 107 Å². The molecule has 2 N–H and O–H groups in total. The van der Waals surface area contributed by atoms with Crippen LogP contribution in [0.2, 0.25) is 0 Å². The number of piperidine rings is 1. The normalized spacial score (nSPS) is 39.9. The Morgan fingerprint density at radius 2 is 1.60 bits per heavy atom. The van der Waals surface area contributed by atoms with Crippen LogP contribution in [0.1, 0.15) is 126 Å². The van der Waals surface area contributed by atoms with Crippen molar-refractivity contribution in [2.24, 2.45) is 35.5 Å². The number of ether oxygens (including phenoxy) is 8. The van der Waals surface area contributed by atoms with Crippen LogP contribution in [0.4, 0.5) is 0 Å². The third-order valence-electron chi connectivity index (χ3n) is 15.8. The van der Waals surface area contributed by atoms with Gasteiger partial charge < -0.3 is 53.0 Å². The first-order valence-corrected chi connectivity index (χ1v) is 26.6. The number of aliphatic hydroxyl groups excluding tert-OH is 1. The molecule has 16 heteroatoms. The molecule has 1 saturated carbocycles. The van der Waals surface area contributed by atoms with Gasteiger partial charge in [0.05, 0.1) is 50.8 Å². The summed E-state index contributed by atoms with van der Waals surface area (Å²) < 4.78 is 47.9. The maximum Gasteiger partial charge on any atom is 0.329 e. The van der Waals surface area contributed by atoms with Crippen LogP contribution in [0.5, 0.6) is 0 Å². The number of carbonyl (C=O) groups excluding carboxylic acids is 5. The number of allylic oxidation sites excluding steroid dienone is 6. The molecule has 1 unspecified atom stereocenters. The van der Waals surface area contributed by atoms with E-state index < -0.39 is 77.9 Å². The summed E-state index contributed by atoms with van der Waals surface area (Å²) in [6.45, 7) is 14.7.